The first-order chi connectivity index (χ1) is 9.85. The molecule has 0 amide bonds. The zero-order valence-electron chi connectivity index (χ0n) is 9.95. The summed E-state index contributed by atoms with van der Waals surface area (Å²) < 4.78 is 79.9. The van der Waals surface area contributed by atoms with E-state index < -0.39 is 46.3 Å². The fourth-order valence-electron chi connectivity index (χ4n) is 1.57. The van der Waals surface area contributed by atoms with Gasteiger partial charge < -0.3 is 5.32 Å². The Balaban J connectivity index is 2.57. The van der Waals surface area contributed by atoms with E-state index in [-0.39, 0.29) is 11.6 Å². The van der Waals surface area contributed by atoms with Crippen LogP contribution in [-0.4, -0.2) is 0 Å². The van der Waals surface area contributed by atoms with Gasteiger partial charge >= 0.3 is 0 Å². The molecule has 2 aromatic rings. The molecule has 0 atom stereocenters. The van der Waals surface area contributed by atoms with Gasteiger partial charge in [-0.2, -0.15) is 5.26 Å². The number of nitrogens with one attached hydrogen (secondary N) is 1. The quantitative estimate of drug-likeness (QED) is 0.668. The molecule has 0 aromatic heterocycles. The van der Waals surface area contributed by atoms with Crippen LogP contribution >= 0.6 is 0 Å². The van der Waals surface area contributed by atoms with E-state index in [0.29, 0.717) is 12.1 Å². The van der Waals surface area contributed by atoms with Gasteiger partial charge in [0, 0.05) is 6.07 Å². The molecule has 0 bridgehead atoms. The summed E-state index contributed by atoms with van der Waals surface area (Å²) in [5.74, 6) is -9.84. The van der Waals surface area contributed by atoms with Gasteiger partial charge in [0.25, 0.3) is 0 Å². The molecule has 0 radical (unpaired) electrons. The number of benzene rings is 2. The minimum atomic E-state index is -1.84. The Morgan fingerprint density at radius 3 is 1.62 bits per heavy atom. The molecule has 0 saturated heterocycles. The van der Waals surface area contributed by atoms with Gasteiger partial charge in [0.15, 0.2) is 34.9 Å². The number of halogens is 6. The first-order valence-corrected chi connectivity index (χ1v) is 5.34. The number of hydrogen-bond donors (Lipinski definition) is 1. The third kappa shape index (κ3) is 2.63. The molecule has 2 rings (SSSR count). The molecule has 2 aromatic carbocycles. The topological polar surface area (TPSA) is 35.8 Å². The van der Waals surface area contributed by atoms with E-state index >= 15 is 0 Å². The molecule has 8 heteroatoms. The third-order valence-corrected chi connectivity index (χ3v) is 2.53. The number of nitriles is 1. The molecule has 0 heterocycles. The molecule has 0 aliphatic carbocycles. The van der Waals surface area contributed by atoms with Gasteiger partial charge in [-0.15, -0.1) is 0 Å². The Hall–Kier alpha value is -2.69. The van der Waals surface area contributed by atoms with Crippen molar-refractivity contribution in [3.05, 3.63) is 58.7 Å². The van der Waals surface area contributed by atoms with E-state index in [9.17, 15) is 26.3 Å². The van der Waals surface area contributed by atoms with Gasteiger partial charge in [-0.05, 0) is 12.1 Å². The summed E-state index contributed by atoms with van der Waals surface area (Å²) in [6.07, 6.45) is 0. The highest BCUT2D eigenvalue weighted by atomic mass is 19.2. The second-order valence-electron chi connectivity index (χ2n) is 3.89. The van der Waals surface area contributed by atoms with Crippen molar-refractivity contribution in [2.24, 2.45) is 0 Å². The summed E-state index contributed by atoms with van der Waals surface area (Å²) in [4.78, 5) is 0. The first kappa shape index (κ1) is 14.7. The Labute approximate surface area is 114 Å². The average Bonchev–Trinajstić information content (AvgIpc) is 2.43. The summed E-state index contributed by atoms with van der Waals surface area (Å²) in [6.45, 7) is 0. The minimum Gasteiger partial charge on any atom is -0.346 e. The highest BCUT2D eigenvalue weighted by molar-refractivity contribution is 5.63. The molecule has 0 fully saturated rings. The van der Waals surface area contributed by atoms with E-state index in [2.05, 4.69) is 0 Å². The smallest absolute Gasteiger partial charge is 0.185 e. The fraction of sp³-hybridized carbons (Fsp3) is 0. The van der Waals surface area contributed by atoms with Crippen molar-refractivity contribution < 1.29 is 26.3 Å². The maximum atomic E-state index is 13.6. The van der Waals surface area contributed by atoms with E-state index in [4.69, 9.17) is 5.26 Å². The summed E-state index contributed by atoms with van der Waals surface area (Å²) in [5, 5.41) is 10.1. The van der Waals surface area contributed by atoms with Crippen LogP contribution in [0.25, 0.3) is 0 Å². The number of hydrogen-bond acceptors (Lipinski definition) is 2. The van der Waals surface area contributed by atoms with E-state index in [1.165, 1.54) is 6.07 Å². The van der Waals surface area contributed by atoms with Crippen LogP contribution in [0, 0.1) is 46.2 Å². The number of nitrogens with zero attached hydrogens (tertiary/aromatic N) is 1. The Bertz CT molecular complexity index is 717. The van der Waals surface area contributed by atoms with Gasteiger partial charge in [0.1, 0.15) is 11.4 Å². The molecule has 108 valence electrons. The lowest BCUT2D eigenvalue weighted by molar-refractivity contribution is 0.459. The van der Waals surface area contributed by atoms with Crippen LogP contribution in [0.1, 0.15) is 5.56 Å². The Morgan fingerprint density at radius 2 is 1.19 bits per heavy atom. The predicted molar refractivity (Wildman–Crippen MR) is 60.6 cm³/mol. The molecule has 0 aliphatic heterocycles. The molecule has 0 unspecified atom stereocenters. The molecular formula is C13H4F6N2. The highest BCUT2D eigenvalue weighted by Crippen LogP contribution is 2.30. The van der Waals surface area contributed by atoms with Crippen molar-refractivity contribution >= 4 is 11.4 Å². The van der Waals surface area contributed by atoms with Crippen molar-refractivity contribution in [2.45, 2.75) is 0 Å². The van der Waals surface area contributed by atoms with Crippen LogP contribution in [0.5, 0.6) is 0 Å². The van der Waals surface area contributed by atoms with Gasteiger partial charge in [0.05, 0.1) is 11.6 Å². The lowest BCUT2D eigenvalue weighted by Gasteiger charge is -2.11. The van der Waals surface area contributed by atoms with Crippen LogP contribution in [0.4, 0.5) is 37.7 Å². The largest absolute Gasteiger partial charge is 0.346 e. The van der Waals surface area contributed by atoms with Crippen molar-refractivity contribution in [3.63, 3.8) is 0 Å². The molecule has 0 saturated carbocycles. The SMILES string of the molecule is N#Cc1cc(F)c(Nc2c(F)c(F)cc(F)c2F)c(F)c1. The highest BCUT2D eigenvalue weighted by Gasteiger charge is 2.22. The summed E-state index contributed by atoms with van der Waals surface area (Å²) in [7, 11) is 0. The average molecular weight is 302 g/mol. The lowest BCUT2D eigenvalue weighted by Crippen LogP contribution is -2.06. The second-order valence-corrected chi connectivity index (χ2v) is 3.89. The maximum absolute atomic E-state index is 13.6. The fourth-order valence-corrected chi connectivity index (χ4v) is 1.57. The van der Waals surface area contributed by atoms with Crippen LogP contribution in [0.15, 0.2) is 18.2 Å². The van der Waals surface area contributed by atoms with Crippen LogP contribution in [-0.2, 0) is 0 Å². The summed E-state index contributed by atoms with van der Waals surface area (Å²) in [6, 6.07) is 2.61. The van der Waals surface area contributed by atoms with E-state index in [1.807, 2.05) is 0 Å². The second kappa shape index (κ2) is 5.36. The normalized spacial score (nSPS) is 10.3. The van der Waals surface area contributed by atoms with Crippen molar-refractivity contribution in [3.8, 4) is 6.07 Å². The molecule has 21 heavy (non-hydrogen) atoms. The molecular weight excluding hydrogens is 298 g/mol. The van der Waals surface area contributed by atoms with Crippen LogP contribution in [0.2, 0.25) is 0 Å². The minimum absolute atomic E-state index is 0.0403. The molecule has 0 spiro atoms. The Morgan fingerprint density at radius 1 is 0.714 bits per heavy atom. The number of rotatable bonds is 2. The zero-order chi connectivity index (χ0) is 15.7. The predicted octanol–water partition coefficient (Wildman–Crippen LogP) is 4.14. The lowest BCUT2D eigenvalue weighted by atomic mass is 10.2. The maximum Gasteiger partial charge on any atom is 0.185 e. The van der Waals surface area contributed by atoms with Gasteiger partial charge in [-0.25, -0.2) is 26.3 Å². The van der Waals surface area contributed by atoms with E-state index in [0.717, 1.165) is 0 Å². The Kier molecular flexibility index (Phi) is 3.76. The van der Waals surface area contributed by atoms with Crippen molar-refractivity contribution in [1.29, 1.82) is 5.26 Å². The molecule has 1 N–H and O–H groups in total. The van der Waals surface area contributed by atoms with Gasteiger partial charge in [-0.1, -0.05) is 0 Å². The number of anilines is 2. The monoisotopic (exact) mass is 302 g/mol. The van der Waals surface area contributed by atoms with Crippen molar-refractivity contribution in [1.82, 2.24) is 0 Å². The van der Waals surface area contributed by atoms with Crippen molar-refractivity contribution in [2.75, 3.05) is 5.32 Å². The zero-order valence-corrected chi connectivity index (χ0v) is 9.95. The molecule has 0 aliphatic rings. The van der Waals surface area contributed by atoms with Crippen LogP contribution in [0.3, 0.4) is 0 Å². The third-order valence-electron chi connectivity index (χ3n) is 2.53. The first-order valence-electron chi connectivity index (χ1n) is 5.34. The summed E-state index contributed by atoms with van der Waals surface area (Å²) in [5.41, 5.74) is -2.80. The standard InChI is InChI=1S/C13H4F6N2/c14-6-3-7(15)11(19)13(10(6)18)21-12-8(16)1-5(4-20)2-9(12)17/h1-3,21H. The van der Waals surface area contributed by atoms with Gasteiger partial charge in [0.2, 0.25) is 0 Å². The van der Waals surface area contributed by atoms with E-state index in [1.54, 1.807) is 5.32 Å². The molecule has 2 nitrogen and oxygen atoms in total. The summed E-state index contributed by atoms with van der Waals surface area (Å²) >= 11 is 0. The van der Waals surface area contributed by atoms with Crippen LogP contribution < -0.4 is 5.32 Å². The van der Waals surface area contributed by atoms with Gasteiger partial charge in [-0.3, -0.25) is 0 Å².